The molecule has 0 heterocycles. The SMILES string of the molecule is CNC(CCC(C)C)CSc1cccc(F)c1. The largest absolute Gasteiger partial charge is 0.316 e. The van der Waals surface area contributed by atoms with Crippen LogP contribution in [0.25, 0.3) is 0 Å². The maximum absolute atomic E-state index is 13.0. The lowest BCUT2D eigenvalue weighted by atomic mass is 10.0. The Morgan fingerprint density at radius 3 is 2.65 bits per heavy atom. The van der Waals surface area contributed by atoms with Gasteiger partial charge in [-0.05, 0) is 44.0 Å². The van der Waals surface area contributed by atoms with Crippen molar-refractivity contribution in [2.75, 3.05) is 12.8 Å². The summed E-state index contributed by atoms with van der Waals surface area (Å²) in [5.41, 5.74) is 0. The molecule has 0 saturated carbocycles. The molecule has 0 aliphatic rings. The summed E-state index contributed by atoms with van der Waals surface area (Å²) in [4.78, 5) is 1.01. The third-order valence-corrected chi connectivity index (χ3v) is 3.90. The topological polar surface area (TPSA) is 12.0 Å². The fraction of sp³-hybridized carbons (Fsp3) is 0.571. The zero-order chi connectivity index (χ0) is 12.7. The molecule has 1 aromatic carbocycles. The molecule has 1 nitrogen and oxygen atoms in total. The minimum atomic E-state index is -0.154. The molecule has 3 heteroatoms. The predicted molar refractivity (Wildman–Crippen MR) is 74.0 cm³/mol. The van der Waals surface area contributed by atoms with E-state index in [2.05, 4.69) is 19.2 Å². The van der Waals surface area contributed by atoms with Gasteiger partial charge < -0.3 is 5.32 Å². The van der Waals surface area contributed by atoms with Gasteiger partial charge >= 0.3 is 0 Å². The van der Waals surface area contributed by atoms with E-state index in [1.165, 1.54) is 18.9 Å². The van der Waals surface area contributed by atoms with Crippen LogP contribution in [0.15, 0.2) is 29.2 Å². The minimum absolute atomic E-state index is 0.154. The summed E-state index contributed by atoms with van der Waals surface area (Å²) < 4.78 is 13.0. The van der Waals surface area contributed by atoms with Gasteiger partial charge in [0.25, 0.3) is 0 Å². The maximum atomic E-state index is 13.0. The van der Waals surface area contributed by atoms with Crippen LogP contribution in [0.5, 0.6) is 0 Å². The Labute approximate surface area is 108 Å². The summed E-state index contributed by atoms with van der Waals surface area (Å²) in [6.07, 6.45) is 2.41. The second-order valence-corrected chi connectivity index (χ2v) is 5.82. The van der Waals surface area contributed by atoms with Crippen molar-refractivity contribution >= 4 is 11.8 Å². The van der Waals surface area contributed by atoms with Gasteiger partial charge in [0.2, 0.25) is 0 Å². The fourth-order valence-corrected chi connectivity index (χ4v) is 2.70. The summed E-state index contributed by atoms with van der Waals surface area (Å²) in [6.45, 7) is 4.48. The van der Waals surface area contributed by atoms with E-state index in [1.54, 1.807) is 23.9 Å². The van der Waals surface area contributed by atoms with E-state index in [0.29, 0.717) is 6.04 Å². The van der Waals surface area contributed by atoms with Crippen LogP contribution < -0.4 is 5.32 Å². The zero-order valence-corrected chi connectivity index (χ0v) is 11.7. The van der Waals surface area contributed by atoms with Crippen molar-refractivity contribution in [1.29, 1.82) is 0 Å². The third-order valence-electron chi connectivity index (χ3n) is 2.75. The first-order valence-corrected chi connectivity index (χ1v) is 7.16. The molecule has 1 rings (SSSR count). The van der Waals surface area contributed by atoms with Crippen molar-refractivity contribution in [3.05, 3.63) is 30.1 Å². The average molecular weight is 255 g/mol. The van der Waals surface area contributed by atoms with Crippen molar-refractivity contribution < 1.29 is 4.39 Å². The zero-order valence-electron chi connectivity index (χ0n) is 10.9. The summed E-state index contributed by atoms with van der Waals surface area (Å²) in [5.74, 6) is 1.58. The maximum Gasteiger partial charge on any atom is 0.124 e. The van der Waals surface area contributed by atoms with E-state index in [9.17, 15) is 4.39 Å². The van der Waals surface area contributed by atoms with Gasteiger partial charge in [0.05, 0.1) is 0 Å². The molecule has 0 bridgehead atoms. The summed E-state index contributed by atoms with van der Waals surface area (Å²) in [6, 6.07) is 7.31. The van der Waals surface area contributed by atoms with Crippen molar-refractivity contribution in [3.63, 3.8) is 0 Å². The van der Waals surface area contributed by atoms with Gasteiger partial charge in [0.1, 0.15) is 5.82 Å². The van der Waals surface area contributed by atoms with Crippen LogP contribution >= 0.6 is 11.8 Å². The number of hydrogen-bond acceptors (Lipinski definition) is 2. The quantitative estimate of drug-likeness (QED) is 0.741. The second-order valence-electron chi connectivity index (χ2n) is 4.73. The number of hydrogen-bond donors (Lipinski definition) is 1. The Balaban J connectivity index is 2.37. The second kappa shape index (κ2) is 7.72. The first kappa shape index (κ1) is 14.5. The summed E-state index contributed by atoms with van der Waals surface area (Å²) >= 11 is 1.72. The number of rotatable bonds is 7. The molecule has 1 N–H and O–H groups in total. The van der Waals surface area contributed by atoms with Crippen LogP contribution in [0.1, 0.15) is 26.7 Å². The van der Waals surface area contributed by atoms with E-state index in [0.717, 1.165) is 16.6 Å². The summed E-state index contributed by atoms with van der Waals surface area (Å²) in [5, 5.41) is 3.33. The van der Waals surface area contributed by atoms with Crippen LogP contribution in [0.3, 0.4) is 0 Å². The van der Waals surface area contributed by atoms with E-state index >= 15 is 0 Å². The molecule has 0 amide bonds. The molecule has 0 radical (unpaired) electrons. The Hall–Kier alpha value is -0.540. The van der Waals surface area contributed by atoms with E-state index < -0.39 is 0 Å². The smallest absolute Gasteiger partial charge is 0.124 e. The molecule has 17 heavy (non-hydrogen) atoms. The molecule has 1 aromatic rings. The summed E-state index contributed by atoms with van der Waals surface area (Å²) in [7, 11) is 2.00. The van der Waals surface area contributed by atoms with E-state index in [-0.39, 0.29) is 5.82 Å². The van der Waals surface area contributed by atoms with Crippen molar-refractivity contribution in [2.24, 2.45) is 5.92 Å². The molecular formula is C14H22FNS. The molecular weight excluding hydrogens is 233 g/mol. The standard InChI is InChI=1S/C14H22FNS/c1-11(2)7-8-13(16-3)10-17-14-6-4-5-12(15)9-14/h4-6,9,11,13,16H,7-8,10H2,1-3H3. The van der Waals surface area contributed by atoms with Gasteiger partial charge in [0.15, 0.2) is 0 Å². The van der Waals surface area contributed by atoms with Crippen LogP contribution in [0, 0.1) is 11.7 Å². The molecule has 1 unspecified atom stereocenters. The van der Waals surface area contributed by atoms with Crippen molar-refractivity contribution in [3.8, 4) is 0 Å². The molecule has 1 atom stereocenters. The van der Waals surface area contributed by atoms with Gasteiger partial charge in [-0.3, -0.25) is 0 Å². The highest BCUT2D eigenvalue weighted by atomic mass is 32.2. The Morgan fingerprint density at radius 1 is 1.29 bits per heavy atom. The highest BCUT2D eigenvalue weighted by Crippen LogP contribution is 2.21. The highest BCUT2D eigenvalue weighted by molar-refractivity contribution is 7.99. The number of halogens is 1. The third kappa shape index (κ3) is 6.08. The average Bonchev–Trinajstić information content (AvgIpc) is 2.29. The molecule has 0 aromatic heterocycles. The van der Waals surface area contributed by atoms with Gasteiger partial charge in [-0.25, -0.2) is 4.39 Å². The molecule has 0 aliphatic carbocycles. The van der Waals surface area contributed by atoms with Crippen LogP contribution in [-0.4, -0.2) is 18.8 Å². The first-order valence-electron chi connectivity index (χ1n) is 6.17. The van der Waals surface area contributed by atoms with Crippen LogP contribution in [-0.2, 0) is 0 Å². The molecule has 0 spiro atoms. The molecule has 0 fully saturated rings. The fourth-order valence-electron chi connectivity index (χ4n) is 1.60. The molecule has 0 saturated heterocycles. The first-order chi connectivity index (χ1) is 8.11. The van der Waals surface area contributed by atoms with Gasteiger partial charge in [-0.15, -0.1) is 11.8 Å². The number of nitrogens with one attached hydrogen (secondary N) is 1. The van der Waals surface area contributed by atoms with E-state index in [1.807, 2.05) is 13.1 Å². The Bertz CT molecular complexity index is 328. The lowest BCUT2D eigenvalue weighted by Gasteiger charge is -2.16. The predicted octanol–water partition coefficient (Wildman–Crippen LogP) is 3.94. The van der Waals surface area contributed by atoms with Crippen molar-refractivity contribution in [2.45, 2.75) is 37.6 Å². The van der Waals surface area contributed by atoms with Crippen LogP contribution in [0.2, 0.25) is 0 Å². The molecule has 0 aliphatic heterocycles. The van der Waals surface area contributed by atoms with Gasteiger partial charge in [-0.1, -0.05) is 19.9 Å². The molecule has 96 valence electrons. The van der Waals surface area contributed by atoms with Crippen LogP contribution in [0.4, 0.5) is 4.39 Å². The Kier molecular flexibility index (Phi) is 6.60. The monoisotopic (exact) mass is 255 g/mol. The highest BCUT2D eigenvalue weighted by Gasteiger charge is 2.08. The normalized spacial score (nSPS) is 13.0. The lowest BCUT2D eigenvalue weighted by Crippen LogP contribution is -2.28. The minimum Gasteiger partial charge on any atom is -0.316 e. The van der Waals surface area contributed by atoms with Gasteiger partial charge in [-0.2, -0.15) is 0 Å². The van der Waals surface area contributed by atoms with Gasteiger partial charge in [0, 0.05) is 16.7 Å². The number of benzene rings is 1. The number of thioether (sulfide) groups is 1. The van der Waals surface area contributed by atoms with Crippen molar-refractivity contribution in [1.82, 2.24) is 5.32 Å². The van der Waals surface area contributed by atoms with E-state index in [4.69, 9.17) is 0 Å². The lowest BCUT2D eigenvalue weighted by molar-refractivity contribution is 0.479. The Morgan fingerprint density at radius 2 is 2.06 bits per heavy atom.